The highest BCUT2D eigenvalue weighted by atomic mass is 127. The van der Waals surface area contributed by atoms with Gasteiger partial charge < -0.3 is 4.74 Å². The number of halogens is 5. The summed E-state index contributed by atoms with van der Waals surface area (Å²) in [6, 6.07) is 2.09. The summed E-state index contributed by atoms with van der Waals surface area (Å²) >= 11 is 7.50. The predicted octanol–water partition coefficient (Wildman–Crippen LogP) is 4.05. The van der Waals surface area contributed by atoms with Crippen LogP contribution in [-0.2, 0) is 0 Å². The zero-order valence-electron chi connectivity index (χ0n) is 7.86. The van der Waals surface area contributed by atoms with Crippen molar-refractivity contribution in [2.24, 2.45) is 0 Å². The van der Waals surface area contributed by atoms with Gasteiger partial charge in [0.15, 0.2) is 5.78 Å². The average molecular weight is 364 g/mol. The molecule has 0 bridgehead atoms. The molecule has 0 atom stereocenters. The van der Waals surface area contributed by atoms with Crippen LogP contribution in [0.25, 0.3) is 0 Å². The van der Waals surface area contributed by atoms with Crippen molar-refractivity contribution in [3.8, 4) is 5.75 Å². The molecule has 0 N–H and O–H groups in total. The van der Waals surface area contributed by atoms with Gasteiger partial charge in [0, 0.05) is 9.13 Å². The van der Waals surface area contributed by atoms with E-state index in [0.29, 0.717) is 3.57 Å². The van der Waals surface area contributed by atoms with Crippen LogP contribution in [0.5, 0.6) is 5.75 Å². The molecule has 0 fully saturated rings. The number of rotatable bonds is 2. The summed E-state index contributed by atoms with van der Waals surface area (Å²) < 4.78 is 39.9. The van der Waals surface area contributed by atoms with E-state index in [-0.39, 0.29) is 10.6 Å². The average Bonchev–Trinajstić information content (AvgIpc) is 2.07. The number of hydrogen-bond acceptors (Lipinski definition) is 2. The van der Waals surface area contributed by atoms with Crippen molar-refractivity contribution in [2.75, 3.05) is 0 Å². The second-order valence-electron chi connectivity index (χ2n) is 2.87. The minimum Gasteiger partial charge on any atom is -0.406 e. The Labute approximate surface area is 108 Å². The predicted molar refractivity (Wildman–Crippen MR) is 60.9 cm³/mol. The Bertz CT molecular complexity index is 431. The van der Waals surface area contributed by atoms with Gasteiger partial charge >= 0.3 is 6.36 Å². The van der Waals surface area contributed by atoms with E-state index in [4.69, 9.17) is 11.6 Å². The van der Waals surface area contributed by atoms with E-state index in [0.717, 1.165) is 12.1 Å². The van der Waals surface area contributed by atoms with Crippen LogP contribution in [0.1, 0.15) is 17.3 Å². The molecule has 2 nitrogen and oxygen atoms in total. The van der Waals surface area contributed by atoms with Crippen molar-refractivity contribution in [1.82, 2.24) is 0 Å². The van der Waals surface area contributed by atoms with Crippen LogP contribution < -0.4 is 4.74 Å². The Morgan fingerprint density at radius 1 is 1.44 bits per heavy atom. The largest absolute Gasteiger partial charge is 0.573 e. The summed E-state index contributed by atoms with van der Waals surface area (Å²) in [6.07, 6.45) is -4.79. The van der Waals surface area contributed by atoms with Crippen LogP contribution in [0, 0.1) is 3.57 Å². The molecule has 0 aromatic heterocycles. The Balaban J connectivity index is 3.19. The lowest BCUT2D eigenvalue weighted by Crippen LogP contribution is -2.17. The van der Waals surface area contributed by atoms with Gasteiger partial charge in [0.2, 0.25) is 0 Å². The normalized spacial score (nSPS) is 11.4. The molecule has 0 spiro atoms. The first-order valence-electron chi connectivity index (χ1n) is 3.96. The summed E-state index contributed by atoms with van der Waals surface area (Å²) in [5.74, 6) is -0.873. The molecule has 0 radical (unpaired) electrons. The van der Waals surface area contributed by atoms with Crippen LogP contribution in [0.15, 0.2) is 12.1 Å². The van der Waals surface area contributed by atoms with Gasteiger partial charge in [-0.05, 0) is 41.6 Å². The lowest BCUT2D eigenvalue weighted by molar-refractivity contribution is -0.274. The van der Waals surface area contributed by atoms with E-state index in [9.17, 15) is 18.0 Å². The fourth-order valence-electron chi connectivity index (χ4n) is 1.01. The van der Waals surface area contributed by atoms with Gasteiger partial charge in [0.1, 0.15) is 5.75 Å². The van der Waals surface area contributed by atoms with Crippen molar-refractivity contribution in [3.63, 3.8) is 0 Å². The number of carbonyl (C=O) groups excluding carboxylic acids is 1. The standard InChI is InChI=1S/C9H5ClF3IO2/c1-4(15)6-2-5(16-9(11,12)13)3-7(14)8(6)10/h2-3H,1H3. The highest BCUT2D eigenvalue weighted by Gasteiger charge is 2.31. The maximum Gasteiger partial charge on any atom is 0.573 e. The third-order valence-electron chi connectivity index (χ3n) is 1.61. The van der Waals surface area contributed by atoms with Crippen molar-refractivity contribution < 1.29 is 22.7 Å². The van der Waals surface area contributed by atoms with E-state index >= 15 is 0 Å². The molecule has 16 heavy (non-hydrogen) atoms. The molecular weight excluding hydrogens is 359 g/mol. The van der Waals surface area contributed by atoms with Gasteiger partial charge in [-0.3, -0.25) is 4.79 Å². The number of benzene rings is 1. The number of alkyl halides is 3. The molecule has 0 aliphatic carbocycles. The van der Waals surface area contributed by atoms with E-state index in [2.05, 4.69) is 4.74 Å². The Hall–Kier alpha value is -0.500. The molecule has 1 aromatic carbocycles. The topological polar surface area (TPSA) is 26.3 Å². The van der Waals surface area contributed by atoms with Crippen molar-refractivity contribution in [1.29, 1.82) is 0 Å². The molecule has 0 heterocycles. The highest BCUT2D eigenvalue weighted by molar-refractivity contribution is 14.1. The van der Waals surface area contributed by atoms with Crippen molar-refractivity contribution in [3.05, 3.63) is 26.3 Å². The first-order chi connectivity index (χ1) is 7.20. The third-order valence-corrected chi connectivity index (χ3v) is 3.19. The number of carbonyl (C=O) groups is 1. The molecule has 88 valence electrons. The zero-order valence-corrected chi connectivity index (χ0v) is 10.8. The first-order valence-corrected chi connectivity index (χ1v) is 5.42. The number of ketones is 1. The van der Waals surface area contributed by atoms with E-state index in [1.165, 1.54) is 6.92 Å². The number of ether oxygens (including phenoxy) is 1. The quantitative estimate of drug-likeness (QED) is 0.585. The molecular formula is C9H5ClF3IO2. The summed E-state index contributed by atoms with van der Waals surface area (Å²) in [7, 11) is 0. The molecule has 7 heteroatoms. The van der Waals surface area contributed by atoms with Gasteiger partial charge in [-0.2, -0.15) is 0 Å². The molecule has 0 amide bonds. The number of Topliss-reactive ketones (excluding diaryl/α,β-unsaturated/α-hetero) is 1. The van der Waals surface area contributed by atoms with Crippen LogP contribution in [-0.4, -0.2) is 12.1 Å². The first kappa shape index (κ1) is 13.6. The van der Waals surface area contributed by atoms with Gasteiger partial charge in [0.05, 0.1) is 5.02 Å². The van der Waals surface area contributed by atoms with Gasteiger partial charge in [0.25, 0.3) is 0 Å². The van der Waals surface area contributed by atoms with Crippen LogP contribution in [0.2, 0.25) is 5.02 Å². The SMILES string of the molecule is CC(=O)c1cc(OC(F)(F)F)cc(I)c1Cl. The Morgan fingerprint density at radius 3 is 2.44 bits per heavy atom. The summed E-state index contributed by atoms with van der Waals surface area (Å²) in [4.78, 5) is 11.1. The molecule has 1 aromatic rings. The molecule has 0 saturated heterocycles. The Kier molecular flexibility index (Phi) is 4.06. The maximum atomic E-state index is 12.0. The monoisotopic (exact) mass is 364 g/mol. The van der Waals surface area contributed by atoms with E-state index in [1.807, 2.05) is 0 Å². The lowest BCUT2D eigenvalue weighted by atomic mass is 10.1. The van der Waals surface area contributed by atoms with Gasteiger partial charge in [-0.25, -0.2) is 0 Å². The minimum atomic E-state index is -4.79. The molecule has 0 unspecified atom stereocenters. The third kappa shape index (κ3) is 3.51. The second kappa shape index (κ2) is 4.79. The fraction of sp³-hybridized carbons (Fsp3) is 0.222. The molecule has 1 rings (SSSR count). The molecule has 0 aliphatic rings. The summed E-state index contributed by atoms with van der Waals surface area (Å²) in [5.41, 5.74) is 0.00724. The molecule has 0 saturated carbocycles. The van der Waals surface area contributed by atoms with Gasteiger partial charge in [-0.1, -0.05) is 11.6 Å². The second-order valence-corrected chi connectivity index (χ2v) is 4.41. The fourth-order valence-corrected chi connectivity index (χ4v) is 1.85. The van der Waals surface area contributed by atoms with E-state index in [1.54, 1.807) is 22.6 Å². The highest BCUT2D eigenvalue weighted by Crippen LogP contribution is 2.31. The maximum absolute atomic E-state index is 12.0. The lowest BCUT2D eigenvalue weighted by Gasteiger charge is -2.11. The zero-order chi connectivity index (χ0) is 12.5. The van der Waals surface area contributed by atoms with Crippen molar-refractivity contribution >= 4 is 40.0 Å². The Morgan fingerprint density at radius 2 is 2.00 bits per heavy atom. The minimum absolute atomic E-state index is 0.00724. The summed E-state index contributed by atoms with van der Waals surface area (Å²) in [6.45, 7) is 1.22. The van der Waals surface area contributed by atoms with Gasteiger partial charge in [-0.15, -0.1) is 13.2 Å². The van der Waals surface area contributed by atoms with Crippen LogP contribution >= 0.6 is 34.2 Å². The summed E-state index contributed by atoms with van der Waals surface area (Å²) in [5, 5.41) is 0.127. The smallest absolute Gasteiger partial charge is 0.406 e. The molecule has 0 aliphatic heterocycles. The van der Waals surface area contributed by atoms with Crippen LogP contribution in [0.4, 0.5) is 13.2 Å². The van der Waals surface area contributed by atoms with E-state index < -0.39 is 17.9 Å². The van der Waals surface area contributed by atoms with Crippen molar-refractivity contribution in [2.45, 2.75) is 13.3 Å². The van der Waals surface area contributed by atoms with Crippen LogP contribution in [0.3, 0.4) is 0 Å². The number of hydrogen-bond donors (Lipinski definition) is 0.